The van der Waals surface area contributed by atoms with E-state index in [0.717, 1.165) is 16.3 Å². The van der Waals surface area contributed by atoms with Crippen LogP contribution in [0.4, 0.5) is 5.13 Å². The Hall–Kier alpha value is -2.73. The van der Waals surface area contributed by atoms with Crippen molar-refractivity contribution in [2.75, 3.05) is 11.9 Å². The Morgan fingerprint density at radius 3 is 2.60 bits per heavy atom. The second kappa shape index (κ2) is 8.39. The second-order valence-electron chi connectivity index (χ2n) is 5.59. The quantitative estimate of drug-likeness (QED) is 0.643. The molecule has 1 N–H and O–H groups in total. The standard InChI is InChI=1S/C19H19N3O2S/c1-14-9-11-15(12-10-14)18-21-22-19(25-18)20-17(23)8-5-13-24-16-6-3-2-4-7-16/h2-4,6-7,9-12H,5,8,13H2,1H3,(H,20,22,23). The first-order valence-corrected chi connectivity index (χ1v) is 8.90. The molecule has 0 spiro atoms. The molecule has 0 unspecified atom stereocenters. The van der Waals surface area contributed by atoms with Crippen molar-refractivity contribution in [1.82, 2.24) is 10.2 Å². The highest BCUT2D eigenvalue weighted by Gasteiger charge is 2.09. The number of anilines is 1. The Labute approximate surface area is 150 Å². The van der Waals surface area contributed by atoms with Crippen LogP contribution in [-0.4, -0.2) is 22.7 Å². The van der Waals surface area contributed by atoms with Crippen LogP contribution in [0.2, 0.25) is 0 Å². The van der Waals surface area contributed by atoms with E-state index in [-0.39, 0.29) is 5.91 Å². The van der Waals surface area contributed by atoms with Crippen LogP contribution in [-0.2, 0) is 4.79 Å². The van der Waals surface area contributed by atoms with Gasteiger partial charge in [-0.2, -0.15) is 0 Å². The normalized spacial score (nSPS) is 10.4. The number of aromatic nitrogens is 2. The smallest absolute Gasteiger partial charge is 0.226 e. The Morgan fingerprint density at radius 2 is 1.84 bits per heavy atom. The van der Waals surface area contributed by atoms with Crippen molar-refractivity contribution in [1.29, 1.82) is 0 Å². The van der Waals surface area contributed by atoms with E-state index in [1.165, 1.54) is 16.9 Å². The van der Waals surface area contributed by atoms with Gasteiger partial charge in [-0.3, -0.25) is 4.79 Å². The molecule has 0 radical (unpaired) electrons. The number of nitrogens with zero attached hydrogens (tertiary/aromatic N) is 2. The summed E-state index contributed by atoms with van der Waals surface area (Å²) in [5.74, 6) is 0.734. The number of aryl methyl sites for hydroxylation is 1. The molecule has 0 saturated heterocycles. The van der Waals surface area contributed by atoms with E-state index < -0.39 is 0 Å². The van der Waals surface area contributed by atoms with Gasteiger partial charge in [-0.15, -0.1) is 10.2 Å². The van der Waals surface area contributed by atoms with E-state index in [1.54, 1.807) is 0 Å². The predicted octanol–water partition coefficient (Wildman–Crippen LogP) is 4.31. The molecular weight excluding hydrogens is 334 g/mol. The second-order valence-corrected chi connectivity index (χ2v) is 6.57. The lowest BCUT2D eigenvalue weighted by Crippen LogP contribution is -2.12. The minimum absolute atomic E-state index is 0.0803. The van der Waals surface area contributed by atoms with Crippen molar-refractivity contribution < 1.29 is 9.53 Å². The van der Waals surface area contributed by atoms with Gasteiger partial charge in [0, 0.05) is 12.0 Å². The zero-order valence-electron chi connectivity index (χ0n) is 13.9. The monoisotopic (exact) mass is 353 g/mol. The molecule has 5 nitrogen and oxygen atoms in total. The first kappa shape index (κ1) is 17.1. The summed E-state index contributed by atoms with van der Waals surface area (Å²) in [4.78, 5) is 12.0. The third-order valence-electron chi connectivity index (χ3n) is 3.53. The fraction of sp³-hybridized carbons (Fsp3) is 0.211. The van der Waals surface area contributed by atoms with Crippen LogP contribution in [0.5, 0.6) is 5.75 Å². The Balaban J connectivity index is 1.44. The molecule has 1 heterocycles. The topological polar surface area (TPSA) is 64.1 Å². The summed E-state index contributed by atoms with van der Waals surface area (Å²) in [5.41, 5.74) is 2.19. The number of benzene rings is 2. The highest BCUT2D eigenvalue weighted by Crippen LogP contribution is 2.26. The fourth-order valence-corrected chi connectivity index (χ4v) is 2.97. The Morgan fingerprint density at radius 1 is 1.08 bits per heavy atom. The van der Waals surface area contributed by atoms with Crippen LogP contribution < -0.4 is 10.1 Å². The van der Waals surface area contributed by atoms with Gasteiger partial charge >= 0.3 is 0 Å². The molecule has 3 aromatic rings. The molecule has 0 aliphatic rings. The molecule has 128 valence electrons. The van der Waals surface area contributed by atoms with Crippen molar-refractivity contribution in [3.05, 3.63) is 60.2 Å². The number of nitrogens with one attached hydrogen (secondary N) is 1. The summed E-state index contributed by atoms with van der Waals surface area (Å²) in [7, 11) is 0. The third-order valence-corrected chi connectivity index (χ3v) is 4.42. The molecule has 6 heteroatoms. The van der Waals surface area contributed by atoms with Crippen molar-refractivity contribution in [3.8, 4) is 16.3 Å². The molecule has 3 rings (SSSR count). The summed E-state index contributed by atoms with van der Waals surface area (Å²) in [6.45, 7) is 2.54. The SMILES string of the molecule is Cc1ccc(-c2nnc(NC(=O)CCCOc3ccccc3)s2)cc1. The Kier molecular flexibility index (Phi) is 5.74. The maximum Gasteiger partial charge on any atom is 0.226 e. The number of ether oxygens (including phenoxy) is 1. The van der Waals surface area contributed by atoms with E-state index in [1.807, 2.05) is 61.5 Å². The van der Waals surface area contributed by atoms with Crippen molar-refractivity contribution in [2.45, 2.75) is 19.8 Å². The fourth-order valence-electron chi connectivity index (χ4n) is 2.21. The largest absolute Gasteiger partial charge is 0.494 e. The van der Waals surface area contributed by atoms with Gasteiger partial charge < -0.3 is 10.1 Å². The van der Waals surface area contributed by atoms with Gasteiger partial charge in [0.1, 0.15) is 10.8 Å². The zero-order chi connectivity index (χ0) is 17.5. The van der Waals surface area contributed by atoms with Crippen molar-refractivity contribution in [3.63, 3.8) is 0 Å². The molecule has 25 heavy (non-hydrogen) atoms. The van der Waals surface area contributed by atoms with Crippen LogP contribution in [0.25, 0.3) is 10.6 Å². The van der Waals surface area contributed by atoms with Crippen molar-refractivity contribution in [2.24, 2.45) is 0 Å². The number of amides is 1. The van der Waals surface area contributed by atoms with Crippen LogP contribution in [0, 0.1) is 6.92 Å². The highest BCUT2D eigenvalue weighted by molar-refractivity contribution is 7.18. The lowest BCUT2D eigenvalue weighted by molar-refractivity contribution is -0.116. The van der Waals surface area contributed by atoms with E-state index in [4.69, 9.17) is 4.74 Å². The van der Waals surface area contributed by atoms with E-state index >= 15 is 0 Å². The van der Waals surface area contributed by atoms with E-state index in [0.29, 0.717) is 24.6 Å². The molecule has 2 aromatic carbocycles. The van der Waals surface area contributed by atoms with Gasteiger partial charge in [-0.1, -0.05) is 59.4 Å². The average Bonchev–Trinajstić information content (AvgIpc) is 3.09. The Bertz CT molecular complexity index is 816. The molecule has 1 aromatic heterocycles. The van der Waals surface area contributed by atoms with E-state index in [9.17, 15) is 4.79 Å². The first-order chi connectivity index (χ1) is 12.2. The third kappa shape index (κ3) is 5.12. The zero-order valence-corrected chi connectivity index (χ0v) is 14.8. The lowest BCUT2D eigenvalue weighted by atomic mass is 10.2. The van der Waals surface area contributed by atoms with Crippen LogP contribution >= 0.6 is 11.3 Å². The number of hydrogen-bond donors (Lipinski definition) is 1. The van der Waals surface area contributed by atoms with Gasteiger partial charge in [0.15, 0.2) is 0 Å². The maximum absolute atomic E-state index is 12.0. The molecule has 0 aliphatic carbocycles. The lowest BCUT2D eigenvalue weighted by Gasteiger charge is -2.05. The van der Waals surface area contributed by atoms with Gasteiger partial charge in [-0.25, -0.2) is 0 Å². The summed E-state index contributed by atoms with van der Waals surface area (Å²) in [6.07, 6.45) is 1.02. The number of carbonyl (C=O) groups is 1. The maximum atomic E-state index is 12.0. The van der Waals surface area contributed by atoms with Crippen LogP contribution in [0.3, 0.4) is 0 Å². The number of rotatable bonds is 7. The summed E-state index contributed by atoms with van der Waals surface area (Å²) < 4.78 is 5.57. The van der Waals surface area contributed by atoms with Gasteiger partial charge in [-0.05, 0) is 25.5 Å². The summed E-state index contributed by atoms with van der Waals surface area (Å²) in [5, 5.41) is 12.3. The molecule has 1 amide bonds. The number of para-hydroxylation sites is 1. The predicted molar refractivity (Wildman–Crippen MR) is 99.9 cm³/mol. The summed E-state index contributed by atoms with van der Waals surface area (Å²) in [6, 6.07) is 17.6. The molecule has 0 aliphatic heterocycles. The van der Waals surface area contributed by atoms with Crippen LogP contribution in [0.15, 0.2) is 54.6 Å². The highest BCUT2D eigenvalue weighted by atomic mass is 32.1. The first-order valence-electron chi connectivity index (χ1n) is 8.09. The molecule has 0 fully saturated rings. The average molecular weight is 353 g/mol. The molecule has 0 atom stereocenters. The molecular formula is C19H19N3O2S. The van der Waals surface area contributed by atoms with Crippen molar-refractivity contribution >= 4 is 22.4 Å². The number of hydrogen-bond acceptors (Lipinski definition) is 5. The van der Waals surface area contributed by atoms with Gasteiger partial charge in [0.2, 0.25) is 11.0 Å². The van der Waals surface area contributed by atoms with Crippen LogP contribution in [0.1, 0.15) is 18.4 Å². The number of carbonyl (C=O) groups excluding carboxylic acids is 1. The molecule has 0 saturated carbocycles. The minimum Gasteiger partial charge on any atom is -0.494 e. The van der Waals surface area contributed by atoms with E-state index in [2.05, 4.69) is 15.5 Å². The minimum atomic E-state index is -0.0803. The molecule has 0 bridgehead atoms. The van der Waals surface area contributed by atoms with Gasteiger partial charge in [0.05, 0.1) is 6.61 Å². The van der Waals surface area contributed by atoms with Gasteiger partial charge in [0.25, 0.3) is 0 Å². The summed E-state index contributed by atoms with van der Waals surface area (Å²) >= 11 is 1.37.